The molecular formula is C15H26N4O. The third kappa shape index (κ3) is 3.03. The van der Waals surface area contributed by atoms with Crippen molar-refractivity contribution in [3.63, 3.8) is 0 Å². The van der Waals surface area contributed by atoms with Crippen LogP contribution in [0.2, 0.25) is 0 Å². The first kappa shape index (κ1) is 15.0. The van der Waals surface area contributed by atoms with Gasteiger partial charge in [0.1, 0.15) is 0 Å². The lowest BCUT2D eigenvalue weighted by Gasteiger charge is -2.40. The molecule has 2 rings (SSSR count). The third-order valence-corrected chi connectivity index (χ3v) is 3.80. The maximum Gasteiger partial charge on any atom is 0.223 e. The maximum atomic E-state index is 12.3. The molecular weight excluding hydrogens is 252 g/mol. The van der Waals surface area contributed by atoms with Crippen LogP contribution in [0.3, 0.4) is 0 Å². The van der Waals surface area contributed by atoms with E-state index in [9.17, 15) is 4.79 Å². The molecule has 5 heteroatoms. The molecule has 1 fully saturated rings. The summed E-state index contributed by atoms with van der Waals surface area (Å²) >= 11 is 0. The molecule has 5 nitrogen and oxygen atoms in total. The second kappa shape index (κ2) is 6.39. The van der Waals surface area contributed by atoms with Crippen LogP contribution in [0, 0.1) is 5.92 Å². The van der Waals surface area contributed by atoms with Gasteiger partial charge < -0.3 is 10.6 Å². The van der Waals surface area contributed by atoms with Crippen molar-refractivity contribution in [2.24, 2.45) is 11.7 Å². The smallest absolute Gasteiger partial charge is 0.223 e. The lowest BCUT2D eigenvalue weighted by atomic mass is 9.92. The summed E-state index contributed by atoms with van der Waals surface area (Å²) in [5.74, 6) is 0.656. The quantitative estimate of drug-likeness (QED) is 0.895. The number of nitrogens with zero attached hydrogens (tertiary/aromatic N) is 3. The highest BCUT2D eigenvalue weighted by atomic mass is 16.2. The summed E-state index contributed by atoms with van der Waals surface area (Å²) in [6.07, 6.45) is 4.15. The Morgan fingerprint density at radius 1 is 1.50 bits per heavy atom. The standard InChI is InChI=1S/C15H26N4O/c1-4-9-19-13(7-8-17-19)15-12(16)5-6-14(20)18(15)10-11(2)3/h7-8,11-12,15H,4-6,9-10,16H2,1-3H3. The molecule has 1 aliphatic heterocycles. The van der Waals surface area contributed by atoms with E-state index in [0.717, 1.165) is 31.6 Å². The molecule has 0 bridgehead atoms. The molecule has 20 heavy (non-hydrogen) atoms. The molecule has 0 aliphatic carbocycles. The van der Waals surface area contributed by atoms with Crippen LogP contribution in [-0.2, 0) is 11.3 Å². The monoisotopic (exact) mass is 278 g/mol. The van der Waals surface area contributed by atoms with Gasteiger partial charge in [-0.15, -0.1) is 0 Å². The molecule has 1 aromatic rings. The number of nitrogens with two attached hydrogens (primary N) is 1. The summed E-state index contributed by atoms with van der Waals surface area (Å²) in [6, 6.07) is 1.97. The highest BCUT2D eigenvalue weighted by molar-refractivity contribution is 5.77. The molecule has 1 aliphatic rings. The van der Waals surface area contributed by atoms with E-state index in [-0.39, 0.29) is 18.0 Å². The van der Waals surface area contributed by atoms with E-state index in [1.165, 1.54) is 0 Å². The zero-order valence-electron chi connectivity index (χ0n) is 12.7. The molecule has 0 spiro atoms. The molecule has 2 atom stereocenters. The highest BCUT2D eigenvalue weighted by Crippen LogP contribution is 2.31. The van der Waals surface area contributed by atoms with Gasteiger partial charge in [-0.2, -0.15) is 5.10 Å². The van der Waals surface area contributed by atoms with Gasteiger partial charge in [0.05, 0.1) is 11.7 Å². The van der Waals surface area contributed by atoms with E-state index in [1.807, 2.05) is 21.8 Å². The van der Waals surface area contributed by atoms with E-state index in [0.29, 0.717) is 12.3 Å². The zero-order chi connectivity index (χ0) is 14.7. The number of aromatic nitrogens is 2. The fraction of sp³-hybridized carbons (Fsp3) is 0.733. The minimum atomic E-state index is -0.0345. The van der Waals surface area contributed by atoms with Crippen molar-refractivity contribution in [1.29, 1.82) is 0 Å². The van der Waals surface area contributed by atoms with Crippen LogP contribution >= 0.6 is 0 Å². The van der Waals surface area contributed by atoms with Crippen LogP contribution in [0.15, 0.2) is 12.3 Å². The van der Waals surface area contributed by atoms with Crippen molar-refractivity contribution >= 4 is 5.91 Å². The molecule has 1 aromatic heterocycles. The molecule has 2 N–H and O–H groups in total. The van der Waals surface area contributed by atoms with Crippen molar-refractivity contribution in [3.05, 3.63) is 18.0 Å². The molecule has 2 heterocycles. The summed E-state index contributed by atoms with van der Waals surface area (Å²) in [5.41, 5.74) is 7.41. The number of hydrogen-bond donors (Lipinski definition) is 1. The lowest BCUT2D eigenvalue weighted by molar-refractivity contribution is -0.138. The van der Waals surface area contributed by atoms with Crippen molar-refractivity contribution in [2.75, 3.05) is 6.54 Å². The van der Waals surface area contributed by atoms with Gasteiger partial charge in [-0.3, -0.25) is 9.48 Å². The SMILES string of the molecule is CCCn1nccc1C1C(N)CCC(=O)N1CC(C)C. The van der Waals surface area contributed by atoms with Gasteiger partial charge in [0, 0.05) is 31.7 Å². The number of likely N-dealkylation sites (tertiary alicyclic amines) is 1. The second-order valence-electron chi connectivity index (χ2n) is 6.07. The van der Waals surface area contributed by atoms with E-state index < -0.39 is 0 Å². The van der Waals surface area contributed by atoms with Crippen LogP contribution in [-0.4, -0.2) is 33.2 Å². The second-order valence-corrected chi connectivity index (χ2v) is 6.07. The van der Waals surface area contributed by atoms with Crippen LogP contribution < -0.4 is 5.73 Å². The van der Waals surface area contributed by atoms with Crippen LogP contribution in [0.4, 0.5) is 0 Å². The van der Waals surface area contributed by atoms with Crippen LogP contribution in [0.5, 0.6) is 0 Å². The summed E-state index contributed by atoms with van der Waals surface area (Å²) < 4.78 is 2.00. The van der Waals surface area contributed by atoms with Gasteiger partial charge in [0.2, 0.25) is 5.91 Å². The Balaban J connectivity index is 2.31. The number of piperidine rings is 1. The van der Waals surface area contributed by atoms with Gasteiger partial charge in [-0.25, -0.2) is 0 Å². The molecule has 112 valence electrons. The number of hydrogen-bond acceptors (Lipinski definition) is 3. The Hall–Kier alpha value is -1.36. The number of rotatable bonds is 5. The molecule has 0 aromatic carbocycles. The maximum absolute atomic E-state index is 12.3. The van der Waals surface area contributed by atoms with Gasteiger partial charge in [-0.1, -0.05) is 20.8 Å². The normalized spacial score (nSPS) is 23.6. The number of aryl methyl sites for hydroxylation is 1. The van der Waals surface area contributed by atoms with E-state index in [1.54, 1.807) is 0 Å². The van der Waals surface area contributed by atoms with Crippen molar-refractivity contribution < 1.29 is 4.79 Å². The van der Waals surface area contributed by atoms with Crippen molar-refractivity contribution in [1.82, 2.24) is 14.7 Å². The largest absolute Gasteiger partial charge is 0.332 e. The van der Waals surface area contributed by atoms with Gasteiger partial charge in [-0.05, 0) is 24.8 Å². The summed E-state index contributed by atoms with van der Waals surface area (Å²) in [7, 11) is 0. The van der Waals surface area contributed by atoms with Crippen molar-refractivity contribution in [3.8, 4) is 0 Å². The zero-order valence-corrected chi connectivity index (χ0v) is 12.7. The Kier molecular flexibility index (Phi) is 4.81. The highest BCUT2D eigenvalue weighted by Gasteiger charge is 2.36. The molecule has 0 radical (unpaired) electrons. The fourth-order valence-corrected chi connectivity index (χ4v) is 2.96. The average Bonchev–Trinajstić information content (AvgIpc) is 2.82. The van der Waals surface area contributed by atoms with Crippen molar-refractivity contribution in [2.45, 2.75) is 58.7 Å². The van der Waals surface area contributed by atoms with Gasteiger partial charge in [0.25, 0.3) is 0 Å². The first-order chi connectivity index (χ1) is 9.54. The van der Waals surface area contributed by atoms with E-state index >= 15 is 0 Å². The van der Waals surface area contributed by atoms with E-state index in [4.69, 9.17) is 5.73 Å². The minimum absolute atomic E-state index is 0.00115. The minimum Gasteiger partial charge on any atom is -0.332 e. The Labute approximate surface area is 121 Å². The van der Waals surface area contributed by atoms with Crippen LogP contribution in [0.25, 0.3) is 0 Å². The predicted molar refractivity (Wildman–Crippen MR) is 79.0 cm³/mol. The Morgan fingerprint density at radius 3 is 2.90 bits per heavy atom. The first-order valence-corrected chi connectivity index (χ1v) is 7.61. The average molecular weight is 278 g/mol. The lowest BCUT2D eigenvalue weighted by Crippen LogP contribution is -2.50. The number of carbonyl (C=O) groups excluding carboxylic acids is 1. The Morgan fingerprint density at radius 2 is 2.25 bits per heavy atom. The third-order valence-electron chi connectivity index (χ3n) is 3.80. The Bertz CT molecular complexity index is 454. The molecule has 1 saturated heterocycles. The van der Waals surface area contributed by atoms with E-state index in [2.05, 4.69) is 25.9 Å². The van der Waals surface area contributed by atoms with Crippen LogP contribution in [0.1, 0.15) is 51.8 Å². The molecule has 0 saturated carbocycles. The summed E-state index contributed by atoms with van der Waals surface area (Å²) in [4.78, 5) is 14.3. The summed E-state index contributed by atoms with van der Waals surface area (Å²) in [6.45, 7) is 8.02. The number of amides is 1. The molecule has 1 amide bonds. The van der Waals surface area contributed by atoms with Gasteiger partial charge >= 0.3 is 0 Å². The fourth-order valence-electron chi connectivity index (χ4n) is 2.96. The predicted octanol–water partition coefficient (Wildman–Crippen LogP) is 1.94. The molecule has 2 unspecified atom stereocenters. The summed E-state index contributed by atoms with van der Waals surface area (Å²) in [5, 5.41) is 4.38. The topological polar surface area (TPSA) is 64.2 Å². The first-order valence-electron chi connectivity index (χ1n) is 7.61. The van der Waals surface area contributed by atoms with Gasteiger partial charge in [0.15, 0.2) is 0 Å². The number of carbonyl (C=O) groups is 1.